The Kier molecular flexibility index (Phi) is 6.42. The van der Waals surface area contributed by atoms with Crippen molar-refractivity contribution in [2.75, 3.05) is 31.2 Å². The lowest BCUT2D eigenvalue weighted by Gasteiger charge is -2.40. The molecule has 4 rings (SSSR count). The van der Waals surface area contributed by atoms with Crippen LogP contribution < -0.4 is 5.32 Å². The van der Waals surface area contributed by atoms with Gasteiger partial charge in [-0.3, -0.25) is 0 Å². The number of anilines is 1. The molecule has 2 nitrogen and oxygen atoms in total. The number of rotatable bonds is 6. The smallest absolute Gasteiger partial charge is 0.264 e. The van der Waals surface area contributed by atoms with Gasteiger partial charge in [0.2, 0.25) is 0 Å². The Morgan fingerprint density at radius 1 is 1.20 bits per heavy atom. The van der Waals surface area contributed by atoms with Crippen molar-refractivity contribution in [3.05, 3.63) is 70.4 Å². The van der Waals surface area contributed by atoms with Crippen molar-refractivity contribution in [2.24, 2.45) is 0 Å². The van der Waals surface area contributed by atoms with E-state index in [2.05, 4.69) is 22.9 Å². The molecule has 0 atom stereocenters. The van der Waals surface area contributed by atoms with Crippen LogP contribution in [0.2, 0.25) is 5.02 Å². The van der Waals surface area contributed by atoms with Gasteiger partial charge in [-0.2, -0.15) is 0 Å². The van der Waals surface area contributed by atoms with Crippen molar-refractivity contribution in [1.82, 2.24) is 4.90 Å². The fourth-order valence-electron chi connectivity index (χ4n) is 4.81. The highest BCUT2D eigenvalue weighted by Crippen LogP contribution is 2.50. The number of piperidine rings is 1. The summed E-state index contributed by atoms with van der Waals surface area (Å²) in [5, 5.41) is 4.22. The normalized spacial score (nSPS) is 18.1. The Hall–Kier alpha value is -1.56. The third-order valence-electron chi connectivity index (χ3n) is 6.54. The second-order valence-corrected chi connectivity index (χ2v) is 9.48. The molecule has 30 heavy (non-hydrogen) atoms. The van der Waals surface area contributed by atoms with Crippen LogP contribution in [0.3, 0.4) is 0 Å². The molecule has 0 radical (unpaired) electrons. The van der Waals surface area contributed by atoms with Crippen LogP contribution >= 0.6 is 23.4 Å². The molecule has 0 unspecified atom stereocenters. The topological polar surface area (TPSA) is 15.3 Å². The predicted octanol–water partition coefficient (Wildman–Crippen LogP) is 6.91. The fourth-order valence-corrected chi connectivity index (χ4v) is 5.57. The molecular weight excluding hydrogens is 422 g/mol. The van der Waals surface area contributed by atoms with Gasteiger partial charge in [0.1, 0.15) is 0 Å². The molecule has 0 aromatic heterocycles. The summed E-state index contributed by atoms with van der Waals surface area (Å²) in [6.07, 6.45) is 3.24. The summed E-state index contributed by atoms with van der Waals surface area (Å²) >= 11 is 7.64. The molecular formula is C24H27ClF2N2S. The van der Waals surface area contributed by atoms with Crippen LogP contribution in [-0.2, 0) is 11.8 Å². The highest BCUT2D eigenvalue weighted by atomic mass is 35.5. The van der Waals surface area contributed by atoms with Gasteiger partial charge >= 0.3 is 0 Å². The first-order chi connectivity index (χ1) is 14.4. The van der Waals surface area contributed by atoms with Crippen LogP contribution in [0.1, 0.15) is 42.4 Å². The van der Waals surface area contributed by atoms with Gasteiger partial charge in [0.05, 0.1) is 0 Å². The zero-order valence-electron chi connectivity index (χ0n) is 17.2. The van der Waals surface area contributed by atoms with Crippen molar-refractivity contribution >= 4 is 29.1 Å². The summed E-state index contributed by atoms with van der Waals surface area (Å²) in [6, 6.07) is 11.5. The number of fused-ring (bicyclic) bond motifs is 2. The van der Waals surface area contributed by atoms with E-state index in [1.165, 1.54) is 17.3 Å². The number of thioether (sulfide) groups is 1. The maximum Gasteiger partial charge on any atom is 0.264 e. The van der Waals surface area contributed by atoms with E-state index in [9.17, 15) is 8.78 Å². The number of hydrogen-bond acceptors (Lipinski definition) is 3. The molecule has 1 fully saturated rings. The molecule has 2 aliphatic rings. The highest BCUT2D eigenvalue weighted by Gasteiger charge is 2.44. The van der Waals surface area contributed by atoms with Crippen molar-refractivity contribution in [1.29, 1.82) is 0 Å². The molecule has 2 aromatic carbocycles. The minimum atomic E-state index is -2.42. The van der Waals surface area contributed by atoms with E-state index in [-0.39, 0.29) is 11.0 Å². The number of nitrogens with one attached hydrogen (secondary N) is 1. The molecule has 0 bridgehead atoms. The third kappa shape index (κ3) is 4.12. The second-order valence-electron chi connectivity index (χ2n) is 8.20. The standard InChI is InChI=1S/C24H27ClF2N2S/c1-16-24(20-15-18(25)6-7-21(20)28-16)9-12-29(13-10-24)11-3-4-17-5-8-22(30-2)19(14-17)23(26)27/h5-8,14-15,23,28H,1,3-4,9-13H2,2H3. The maximum absolute atomic E-state index is 13.3. The zero-order valence-corrected chi connectivity index (χ0v) is 18.8. The Morgan fingerprint density at radius 3 is 2.67 bits per heavy atom. The van der Waals surface area contributed by atoms with Crippen LogP contribution in [0.25, 0.3) is 0 Å². The summed E-state index contributed by atoms with van der Waals surface area (Å²) in [6.45, 7) is 7.28. The van der Waals surface area contributed by atoms with Gasteiger partial charge in [-0.05, 0) is 93.0 Å². The van der Waals surface area contributed by atoms with Crippen molar-refractivity contribution in [3.8, 4) is 0 Å². The minimum absolute atomic E-state index is 0.0312. The molecule has 1 saturated heterocycles. The number of nitrogens with zero attached hydrogens (tertiary/aromatic N) is 1. The molecule has 6 heteroatoms. The van der Waals surface area contributed by atoms with Crippen molar-refractivity contribution < 1.29 is 8.78 Å². The zero-order chi connectivity index (χ0) is 21.3. The van der Waals surface area contributed by atoms with Gasteiger partial charge < -0.3 is 10.2 Å². The molecule has 0 saturated carbocycles. The quantitative estimate of drug-likeness (QED) is 0.483. The number of allylic oxidation sites excluding steroid dienone is 1. The lowest BCUT2D eigenvalue weighted by Crippen LogP contribution is -2.43. The fraction of sp³-hybridized carbons (Fsp3) is 0.417. The summed E-state index contributed by atoms with van der Waals surface area (Å²) in [7, 11) is 0. The summed E-state index contributed by atoms with van der Waals surface area (Å²) in [5.41, 5.74) is 4.59. The summed E-state index contributed by atoms with van der Waals surface area (Å²) in [5.74, 6) is 0. The van der Waals surface area contributed by atoms with E-state index < -0.39 is 6.43 Å². The Morgan fingerprint density at radius 2 is 1.97 bits per heavy atom. The number of benzene rings is 2. The van der Waals surface area contributed by atoms with Gasteiger partial charge in [-0.15, -0.1) is 11.8 Å². The van der Waals surface area contributed by atoms with E-state index >= 15 is 0 Å². The van der Waals surface area contributed by atoms with Crippen molar-refractivity contribution in [3.63, 3.8) is 0 Å². The first-order valence-electron chi connectivity index (χ1n) is 10.4. The average molecular weight is 449 g/mol. The predicted molar refractivity (Wildman–Crippen MR) is 123 cm³/mol. The molecule has 160 valence electrons. The van der Waals surface area contributed by atoms with Crippen LogP contribution in [0.4, 0.5) is 14.5 Å². The largest absolute Gasteiger partial charge is 0.358 e. The number of likely N-dealkylation sites (tertiary alicyclic amines) is 1. The second kappa shape index (κ2) is 8.89. The van der Waals surface area contributed by atoms with Crippen LogP contribution in [0, 0.1) is 0 Å². The van der Waals surface area contributed by atoms with E-state index in [1.54, 1.807) is 6.07 Å². The van der Waals surface area contributed by atoms with Gasteiger partial charge in [0.25, 0.3) is 6.43 Å². The third-order valence-corrected chi connectivity index (χ3v) is 7.59. The Balaban J connectivity index is 1.34. The lowest BCUT2D eigenvalue weighted by molar-refractivity contribution is 0.148. The van der Waals surface area contributed by atoms with E-state index in [4.69, 9.17) is 11.6 Å². The maximum atomic E-state index is 13.3. The van der Waals surface area contributed by atoms with E-state index in [0.717, 1.165) is 67.3 Å². The Bertz CT molecular complexity index is 939. The van der Waals surface area contributed by atoms with Gasteiger partial charge in [-0.1, -0.05) is 24.2 Å². The van der Waals surface area contributed by atoms with Gasteiger partial charge in [-0.25, -0.2) is 8.78 Å². The molecule has 0 aliphatic carbocycles. The van der Waals surface area contributed by atoms with E-state index in [1.807, 2.05) is 30.5 Å². The molecule has 2 heterocycles. The van der Waals surface area contributed by atoms with Crippen LogP contribution in [-0.4, -0.2) is 30.8 Å². The molecule has 1 N–H and O–H groups in total. The lowest BCUT2D eigenvalue weighted by atomic mass is 9.72. The number of alkyl halides is 2. The molecule has 0 amide bonds. The van der Waals surface area contributed by atoms with Gasteiger partial charge in [0.15, 0.2) is 0 Å². The summed E-state index contributed by atoms with van der Waals surface area (Å²) < 4.78 is 26.5. The number of hydrogen-bond donors (Lipinski definition) is 1. The summed E-state index contributed by atoms with van der Waals surface area (Å²) in [4.78, 5) is 3.15. The molecule has 1 spiro atoms. The first kappa shape index (κ1) is 21.7. The first-order valence-corrected chi connectivity index (χ1v) is 12.0. The highest BCUT2D eigenvalue weighted by molar-refractivity contribution is 7.98. The van der Waals surface area contributed by atoms with Gasteiger partial charge in [0, 0.05) is 32.3 Å². The molecule has 2 aliphatic heterocycles. The molecule has 2 aromatic rings. The van der Waals surface area contributed by atoms with Crippen LogP contribution in [0.15, 0.2) is 53.6 Å². The van der Waals surface area contributed by atoms with Crippen LogP contribution in [0.5, 0.6) is 0 Å². The van der Waals surface area contributed by atoms with E-state index in [0.29, 0.717) is 4.90 Å². The Labute approximate surface area is 186 Å². The SMILES string of the molecule is C=C1Nc2ccc(Cl)cc2C12CCN(CCCc1ccc(SC)c(C(F)F)c1)CC2. The minimum Gasteiger partial charge on any atom is -0.358 e. The number of halogens is 3. The van der Waals surface area contributed by atoms with Crippen molar-refractivity contribution in [2.45, 2.75) is 42.4 Å². The number of aryl methyl sites for hydroxylation is 1. The average Bonchev–Trinajstić information content (AvgIpc) is 3.00. The monoisotopic (exact) mass is 448 g/mol.